The van der Waals surface area contributed by atoms with E-state index in [0.717, 1.165) is 32.2 Å². The molecule has 21 heavy (non-hydrogen) atoms. The van der Waals surface area contributed by atoms with E-state index in [2.05, 4.69) is 5.32 Å². The van der Waals surface area contributed by atoms with Gasteiger partial charge in [-0.15, -0.1) is 0 Å². The van der Waals surface area contributed by atoms with Crippen molar-refractivity contribution >= 4 is 5.91 Å². The predicted molar refractivity (Wildman–Crippen MR) is 79.4 cm³/mol. The van der Waals surface area contributed by atoms with E-state index >= 15 is 0 Å². The summed E-state index contributed by atoms with van der Waals surface area (Å²) in [6.07, 6.45) is 4.53. The third-order valence-electron chi connectivity index (χ3n) is 4.30. The van der Waals surface area contributed by atoms with Crippen molar-refractivity contribution in [3.8, 4) is 11.5 Å². The molecule has 1 atom stereocenters. The minimum absolute atomic E-state index is 0.0242. The molecule has 114 valence electrons. The van der Waals surface area contributed by atoms with Crippen molar-refractivity contribution in [3.05, 3.63) is 23.8 Å². The lowest BCUT2D eigenvalue weighted by atomic mass is 10.1. The van der Waals surface area contributed by atoms with E-state index in [1.807, 2.05) is 0 Å². The third kappa shape index (κ3) is 3.29. The van der Waals surface area contributed by atoms with Gasteiger partial charge in [0.05, 0.1) is 0 Å². The van der Waals surface area contributed by atoms with E-state index in [4.69, 9.17) is 0 Å². The zero-order valence-electron chi connectivity index (χ0n) is 12.1. The van der Waals surface area contributed by atoms with Gasteiger partial charge in [0, 0.05) is 19.1 Å². The fraction of sp³-hybridized carbons (Fsp3) is 0.562. The van der Waals surface area contributed by atoms with Gasteiger partial charge in [-0.1, -0.05) is 6.07 Å². The molecule has 1 aromatic rings. The minimum Gasteiger partial charge on any atom is -0.507 e. The lowest BCUT2D eigenvalue weighted by Crippen LogP contribution is -2.42. The van der Waals surface area contributed by atoms with Crippen molar-refractivity contribution in [3.63, 3.8) is 0 Å². The number of rotatable bonds is 5. The summed E-state index contributed by atoms with van der Waals surface area (Å²) in [6, 6.07) is 4.73. The van der Waals surface area contributed by atoms with Gasteiger partial charge in [0.25, 0.3) is 5.91 Å². The van der Waals surface area contributed by atoms with E-state index in [0.29, 0.717) is 25.0 Å². The number of hydrogen-bond donors (Lipinski definition) is 3. The number of carbonyl (C=O) groups is 1. The molecule has 1 amide bonds. The lowest BCUT2D eigenvalue weighted by molar-refractivity contribution is 0.0727. The van der Waals surface area contributed by atoms with E-state index in [-0.39, 0.29) is 23.0 Å². The van der Waals surface area contributed by atoms with Crippen LogP contribution in [0, 0.1) is 5.92 Å². The highest BCUT2D eigenvalue weighted by Crippen LogP contribution is 2.33. The Hall–Kier alpha value is -1.75. The molecule has 0 radical (unpaired) electrons. The van der Waals surface area contributed by atoms with Crippen LogP contribution in [0.5, 0.6) is 11.5 Å². The van der Waals surface area contributed by atoms with Crippen LogP contribution < -0.4 is 5.32 Å². The van der Waals surface area contributed by atoms with Crippen LogP contribution in [0.4, 0.5) is 0 Å². The SMILES string of the molecule is O=C(c1c(O)cccc1O)N(CC1CC1)CC1CCCN1. The Bertz CT molecular complexity index is 502. The maximum absolute atomic E-state index is 12.7. The van der Waals surface area contributed by atoms with E-state index in [9.17, 15) is 15.0 Å². The highest BCUT2D eigenvalue weighted by Gasteiger charge is 2.31. The normalized spacial score (nSPS) is 21.4. The molecule has 0 spiro atoms. The molecular formula is C16H22N2O3. The maximum atomic E-state index is 12.7. The molecule has 1 heterocycles. The highest BCUT2D eigenvalue weighted by molar-refractivity contribution is 5.99. The largest absolute Gasteiger partial charge is 0.507 e. The van der Waals surface area contributed by atoms with Crippen molar-refractivity contribution in [2.24, 2.45) is 5.92 Å². The Morgan fingerprint density at radius 3 is 2.48 bits per heavy atom. The van der Waals surface area contributed by atoms with Crippen LogP contribution in [0.2, 0.25) is 0 Å². The lowest BCUT2D eigenvalue weighted by Gasteiger charge is -2.26. The monoisotopic (exact) mass is 290 g/mol. The van der Waals surface area contributed by atoms with Crippen LogP contribution in [0.1, 0.15) is 36.0 Å². The summed E-state index contributed by atoms with van der Waals surface area (Å²) in [5, 5.41) is 23.2. The number of hydrogen-bond acceptors (Lipinski definition) is 4. The number of amides is 1. The smallest absolute Gasteiger partial charge is 0.261 e. The average molecular weight is 290 g/mol. The summed E-state index contributed by atoms with van der Waals surface area (Å²) in [5.41, 5.74) is 0.0242. The number of benzene rings is 1. The second kappa shape index (κ2) is 5.93. The number of nitrogens with one attached hydrogen (secondary N) is 1. The predicted octanol–water partition coefficient (Wildman–Crippen LogP) is 1.70. The molecule has 1 unspecified atom stereocenters. The van der Waals surface area contributed by atoms with Crippen molar-refractivity contribution in [1.29, 1.82) is 0 Å². The molecule has 1 aliphatic heterocycles. The summed E-state index contributed by atoms with van der Waals surface area (Å²) < 4.78 is 0. The summed E-state index contributed by atoms with van der Waals surface area (Å²) in [5.74, 6) is -0.00472. The van der Waals surface area contributed by atoms with E-state index in [1.54, 1.807) is 4.90 Å². The first-order valence-corrected chi connectivity index (χ1v) is 7.68. The molecular weight excluding hydrogens is 268 g/mol. The maximum Gasteiger partial charge on any atom is 0.261 e. The van der Waals surface area contributed by atoms with Crippen molar-refractivity contribution < 1.29 is 15.0 Å². The van der Waals surface area contributed by atoms with E-state index in [1.165, 1.54) is 18.2 Å². The number of aromatic hydroxyl groups is 2. The molecule has 3 rings (SSSR count). The molecule has 1 aliphatic carbocycles. The van der Waals surface area contributed by atoms with Gasteiger partial charge in [0.1, 0.15) is 17.1 Å². The van der Waals surface area contributed by atoms with Crippen LogP contribution in [0.25, 0.3) is 0 Å². The zero-order chi connectivity index (χ0) is 14.8. The molecule has 1 saturated heterocycles. The molecule has 5 nitrogen and oxygen atoms in total. The van der Waals surface area contributed by atoms with Crippen molar-refractivity contribution in [1.82, 2.24) is 10.2 Å². The number of carbonyl (C=O) groups excluding carboxylic acids is 1. The quantitative estimate of drug-likeness (QED) is 0.772. The molecule has 3 N–H and O–H groups in total. The van der Waals surface area contributed by atoms with Crippen LogP contribution in [0.3, 0.4) is 0 Å². The third-order valence-corrected chi connectivity index (χ3v) is 4.30. The summed E-state index contributed by atoms with van der Waals surface area (Å²) >= 11 is 0. The van der Waals surface area contributed by atoms with Gasteiger partial charge in [-0.2, -0.15) is 0 Å². The first-order valence-electron chi connectivity index (χ1n) is 7.68. The van der Waals surface area contributed by atoms with Crippen molar-refractivity contribution in [2.75, 3.05) is 19.6 Å². The topological polar surface area (TPSA) is 72.8 Å². The van der Waals surface area contributed by atoms with Gasteiger partial charge in [0.15, 0.2) is 0 Å². The molecule has 2 fully saturated rings. The summed E-state index contributed by atoms with van der Waals surface area (Å²) in [7, 11) is 0. The Kier molecular flexibility index (Phi) is 4.01. The molecule has 2 aliphatic rings. The van der Waals surface area contributed by atoms with Gasteiger partial charge < -0.3 is 20.4 Å². The fourth-order valence-corrected chi connectivity index (χ4v) is 2.94. The molecule has 1 saturated carbocycles. The first-order chi connectivity index (χ1) is 10.1. The Morgan fingerprint density at radius 2 is 1.90 bits per heavy atom. The molecule has 5 heteroatoms. The van der Waals surface area contributed by atoms with Gasteiger partial charge in [0.2, 0.25) is 0 Å². The zero-order valence-corrected chi connectivity index (χ0v) is 12.1. The van der Waals surface area contributed by atoms with Gasteiger partial charge in [-0.05, 0) is 50.3 Å². The molecule has 1 aromatic carbocycles. The van der Waals surface area contributed by atoms with Gasteiger partial charge >= 0.3 is 0 Å². The van der Waals surface area contributed by atoms with Gasteiger partial charge in [-0.3, -0.25) is 4.79 Å². The van der Waals surface area contributed by atoms with Gasteiger partial charge in [-0.25, -0.2) is 0 Å². The number of phenols is 2. The van der Waals surface area contributed by atoms with E-state index < -0.39 is 0 Å². The number of nitrogens with zero attached hydrogens (tertiary/aromatic N) is 1. The van der Waals surface area contributed by atoms with Crippen LogP contribution in [-0.2, 0) is 0 Å². The Labute approximate surface area is 124 Å². The summed E-state index contributed by atoms with van der Waals surface area (Å²) in [6.45, 7) is 2.35. The second-order valence-corrected chi connectivity index (χ2v) is 6.12. The van der Waals surface area contributed by atoms with Crippen LogP contribution in [0.15, 0.2) is 18.2 Å². The molecule has 0 aromatic heterocycles. The average Bonchev–Trinajstić information content (AvgIpc) is 3.11. The van der Waals surface area contributed by atoms with Crippen molar-refractivity contribution in [2.45, 2.75) is 31.7 Å². The molecule has 0 bridgehead atoms. The first kappa shape index (κ1) is 14.2. The van der Waals surface area contributed by atoms with Crippen LogP contribution >= 0.6 is 0 Å². The van der Waals surface area contributed by atoms with Crippen LogP contribution in [-0.4, -0.2) is 46.7 Å². The Morgan fingerprint density at radius 1 is 1.19 bits per heavy atom. The highest BCUT2D eigenvalue weighted by atomic mass is 16.3. The summed E-state index contributed by atoms with van der Waals surface area (Å²) in [4.78, 5) is 14.5. The second-order valence-electron chi connectivity index (χ2n) is 6.12. The fourth-order valence-electron chi connectivity index (χ4n) is 2.94. The number of phenolic OH excluding ortho intramolecular Hbond substituents is 2. The standard InChI is InChI=1S/C16H22N2O3/c19-13-4-1-5-14(20)15(13)16(21)18(9-11-6-7-11)10-12-3-2-8-17-12/h1,4-5,11-12,17,19-20H,2-3,6-10H2. The minimum atomic E-state index is -0.272. The Balaban J connectivity index is 1.78.